The number of hydrogen-bond acceptors (Lipinski definition) is 5. The van der Waals surface area contributed by atoms with Gasteiger partial charge in [-0.2, -0.15) is 9.40 Å². The summed E-state index contributed by atoms with van der Waals surface area (Å²) in [4.78, 5) is 2.34. The first kappa shape index (κ1) is 16.5. The molecule has 8 heteroatoms. The minimum absolute atomic E-state index is 0.0403. The van der Waals surface area contributed by atoms with Crippen LogP contribution in [0.2, 0.25) is 0 Å². The Kier molecular flexibility index (Phi) is 4.19. The summed E-state index contributed by atoms with van der Waals surface area (Å²) < 4.78 is 35.0. The zero-order chi connectivity index (χ0) is 16.9. The summed E-state index contributed by atoms with van der Waals surface area (Å²) >= 11 is 0. The molecule has 2 atom stereocenters. The number of fused-ring (bicyclic) bond motifs is 1. The van der Waals surface area contributed by atoms with Gasteiger partial charge in [0.1, 0.15) is 0 Å². The predicted molar refractivity (Wildman–Crippen MR) is 90.0 cm³/mol. The third-order valence-corrected chi connectivity index (χ3v) is 7.82. The molecule has 4 rings (SSSR count). The molecular weight excluding hydrogens is 328 g/mol. The van der Waals surface area contributed by atoms with Crippen molar-refractivity contribution in [1.29, 1.82) is 0 Å². The highest BCUT2D eigenvalue weighted by Gasteiger charge is 2.47. The monoisotopic (exact) mass is 354 g/mol. The third-order valence-electron chi connectivity index (χ3n) is 5.40. The number of aromatic nitrogens is 2. The fourth-order valence-corrected chi connectivity index (χ4v) is 5.99. The van der Waals surface area contributed by atoms with E-state index in [9.17, 15) is 8.42 Å². The standard InChI is InChI=1S/C16H26N4O3S/c1-12-13(9-18(2)17-12)10-19-6-5-16-15(11-19)20(7-8-23-16)24(21,22)14-3-4-14/h9,14-16H,3-8,10-11H2,1-2H3/t15-,16-/m0/s1. The van der Waals surface area contributed by atoms with E-state index in [1.807, 2.05) is 18.7 Å². The summed E-state index contributed by atoms with van der Waals surface area (Å²) in [7, 11) is -1.22. The van der Waals surface area contributed by atoms with Crippen LogP contribution in [0.3, 0.4) is 0 Å². The second-order valence-electron chi connectivity index (χ2n) is 7.27. The molecular formula is C16H26N4O3S. The number of hydrogen-bond donors (Lipinski definition) is 0. The maximum Gasteiger partial charge on any atom is 0.217 e. The Hall–Kier alpha value is -0.960. The molecule has 24 heavy (non-hydrogen) atoms. The molecule has 0 spiro atoms. The first-order chi connectivity index (χ1) is 11.4. The zero-order valence-electron chi connectivity index (χ0n) is 14.4. The lowest BCUT2D eigenvalue weighted by molar-refractivity contribution is -0.0770. The fraction of sp³-hybridized carbons (Fsp3) is 0.812. The molecule has 0 unspecified atom stereocenters. The van der Waals surface area contributed by atoms with Crippen molar-refractivity contribution in [3.05, 3.63) is 17.5 Å². The van der Waals surface area contributed by atoms with Crippen molar-refractivity contribution in [3.8, 4) is 0 Å². The summed E-state index contributed by atoms with van der Waals surface area (Å²) in [5, 5.41) is 4.26. The SMILES string of the molecule is Cc1nn(C)cc1CN1CC[C@@H]2OCCN(S(=O)(=O)C3CC3)[C@H]2C1. The molecule has 0 bridgehead atoms. The number of rotatable bonds is 4. The molecule has 1 saturated carbocycles. The molecule has 0 aromatic carbocycles. The van der Waals surface area contributed by atoms with Gasteiger partial charge in [0, 0.05) is 45.0 Å². The highest BCUT2D eigenvalue weighted by molar-refractivity contribution is 7.90. The van der Waals surface area contributed by atoms with E-state index >= 15 is 0 Å². The number of nitrogens with zero attached hydrogens (tertiary/aromatic N) is 4. The summed E-state index contributed by atoms with van der Waals surface area (Å²) in [5.41, 5.74) is 2.26. The summed E-state index contributed by atoms with van der Waals surface area (Å²) in [5.74, 6) is 0. The summed E-state index contributed by atoms with van der Waals surface area (Å²) in [6.07, 6.45) is 4.61. The highest BCUT2D eigenvalue weighted by atomic mass is 32.2. The van der Waals surface area contributed by atoms with Crippen molar-refractivity contribution >= 4 is 10.0 Å². The van der Waals surface area contributed by atoms with Gasteiger partial charge in [0.05, 0.1) is 29.7 Å². The molecule has 1 aromatic rings. The smallest absolute Gasteiger partial charge is 0.217 e. The average Bonchev–Trinajstić information content (AvgIpc) is 3.34. The third kappa shape index (κ3) is 3.00. The van der Waals surface area contributed by atoms with Gasteiger partial charge in [0.25, 0.3) is 0 Å². The van der Waals surface area contributed by atoms with Gasteiger partial charge in [-0.05, 0) is 26.2 Å². The van der Waals surface area contributed by atoms with Crippen LogP contribution in [-0.2, 0) is 28.4 Å². The van der Waals surface area contributed by atoms with Crippen LogP contribution in [0.15, 0.2) is 6.20 Å². The molecule has 0 amide bonds. The highest BCUT2D eigenvalue weighted by Crippen LogP contribution is 2.35. The molecule has 0 N–H and O–H groups in total. The van der Waals surface area contributed by atoms with E-state index < -0.39 is 10.0 Å². The van der Waals surface area contributed by atoms with Crippen LogP contribution in [0.5, 0.6) is 0 Å². The Morgan fingerprint density at radius 2 is 2.08 bits per heavy atom. The predicted octanol–water partition coefficient (Wildman–Crippen LogP) is 0.496. The molecule has 2 aliphatic heterocycles. The van der Waals surface area contributed by atoms with Crippen molar-refractivity contribution in [3.63, 3.8) is 0 Å². The number of morpholine rings is 1. The minimum atomic E-state index is -3.15. The lowest BCUT2D eigenvalue weighted by Crippen LogP contribution is -2.61. The van der Waals surface area contributed by atoms with E-state index in [2.05, 4.69) is 16.2 Å². The van der Waals surface area contributed by atoms with E-state index in [1.165, 1.54) is 5.56 Å². The van der Waals surface area contributed by atoms with E-state index in [-0.39, 0.29) is 17.4 Å². The molecule has 1 aliphatic carbocycles. The van der Waals surface area contributed by atoms with Gasteiger partial charge < -0.3 is 4.74 Å². The second-order valence-corrected chi connectivity index (χ2v) is 9.43. The van der Waals surface area contributed by atoms with Crippen LogP contribution >= 0.6 is 0 Å². The second kappa shape index (κ2) is 6.09. The van der Waals surface area contributed by atoms with Crippen molar-refractivity contribution in [2.45, 2.75) is 50.1 Å². The summed E-state index contributed by atoms with van der Waals surface area (Å²) in [6, 6.07) is -0.0462. The topological polar surface area (TPSA) is 67.7 Å². The van der Waals surface area contributed by atoms with Crippen molar-refractivity contribution in [1.82, 2.24) is 19.0 Å². The van der Waals surface area contributed by atoms with Crippen LogP contribution in [0, 0.1) is 6.92 Å². The van der Waals surface area contributed by atoms with Crippen LogP contribution < -0.4 is 0 Å². The van der Waals surface area contributed by atoms with Gasteiger partial charge >= 0.3 is 0 Å². The molecule has 3 aliphatic rings. The molecule has 3 heterocycles. The molecule has 2 saturated heterocycles. The fourth-order valence-electron chi connectivity index (χ4n) is 3.97. The van der Waals surface area contributed by atoms with Crippen molar-refractivity contribution in [2.24, 2.45) is 7.05 Å². The number of piperidine rings is 1. The molecule has 1 aromatic heterocycles. The normalized spacial score (nSPS) is 29.6. The number of aryl methyl sites for hydroxylation is 2. The average molecular weight is 354 g/mol. The largest absolute Gasteiger partial charge is 0.375 e. The van der Waals surface area contributed by atoms with Crippen molar-refractivity contribution < 1.29 is 13.2 Å². The Morgan fingerprint density at radius 1 is 1.29 bits per heavy atom. The first-order valence-corrected chi connectivity index (χ1v) is 10.3. The van der Waals surface area contributed by atoms with Gasteiger partial charge in [0.15, 0.2) is 0 Å². The number of sulfonamides is 1. The number of likely N-dealkylation sites (tertiary alicyclic amines) is 1. The Balaban J connectivity index is 1.50. The van der Waals surface area contributed by atoms with Gasteiger partial charge in [-0.1, -0.05) is 0 Å². The van der Waals surface area contributed by atoms with Gasteiger partial charge in [-0.3, -0.25) is 9.58 Å². The van der Waals surface area contributed by atoms with Gasteiger partial charge in [-0.15, -0.1) is 0 Å². The number of ether oxygens (including phenoxy) is 1. The molecule has 134 valence electrons. The van der Waals surface area contributed by atoms with Crippen LogP contribution in [0.25, 0.3) is 0 Å². The Morgan fingerprint density at radius 3 is 2.75 bits per heavy atom. The summed E-state index contributed by atoms with van der Waals surface area (Å²) in [6.45, 7) is 5.54. The molecule has 7 nitrogen and oxygen atoms in total. The quantitative estimate of drug-likeness (QED) is 0.787. The molecule has 0 radical (unpaired) electrons. The van der Waals surface area contributed by atoms with Crippen LogP contribution in [0.1, 0.15) is 30.5 Å². The first-order valence-electron chi connectivity index (χ1n) is 8.79. The van der Waals surface area contributed by atoms with Gasteiger partial charge in [0.2, 0.25) is 10.0 Å². The van der Waals surface area contributed by atoms with E-state index in [0.717, 1.165) is 44.6 Å². The van der Waals surface area contributed by atoms with Crippen LogP contribution in [0.4, 0.5) is 0 Å². The van der Waals surface area contributed by atoms with E-state index in [0.29, 0.717) is 13.2 Å². The van der Waals surface area contributed by atoms with Gasteiger partial charge in [-0.25, -0.2) is 8.42 Å². The Labute approximate surface area is 143 Å². The maximum atomic E-state index is 12.8. The Bertz CT molecular complexity index is 713. The van der Waals surface area contributed by atoms with E-state index in [1.54, 1.807) is 4.31 Å². The van der Waals surface area contributed by atoms with Crippen molar-refractivity contribution in [2.75, 3.05) is 26.2 Å². The lowest BCUT2D eigenvalue weighted by Gasteiger charge is -2.46. The minimum Gasteiger partial charge on any atom is -0.375 e. The van der Waals surface area contributed by atoms with Crippen LogP contribution in [-0.4, -0.2) is 71.0 Å². The lowest BCUT2D eigenvalue weighted by atomic mass is 10.00. The zero-order valence-corrected chi connectivity index (χ0v) is 15.2. The molecule has 3 fully saturated rings. The maximum absolute atomic E-state index is 12.8. The van der Waals surface area contributed by atoms with E-state index in [4.69, 9.17) is 4.74 Å².